The van der Waals surface area contributed by atoms with Crippen molar-refractivity contribution in [2.45, 2.75) is 18.9 Å². The number of carbonyl (C=O) groups excluding carboxylic acids is 2. The molecule has 0 heterocycles. The van der Waals surface area contributed by atoms with Crippen molar-refractivity contribution in [3.63, 3.8) is 0 Å². The smallest absolute Gasteiger partial charge is 0.257 e. The van der Waals surface area contributed by atoms with Gasteiger partial charge in [-0.15, -0.1) is 0 Å². The minimum absolute atomic E-state index is 0.169. The molecule has 1 aliphatic carbocycles. The standard InChI is InChI=1S/C17H15ClN2O2/c18-14-7-3-1-5-12(14)16(21)20-15-8-4-2-6-13(15)17(22)19-11-9-10-11/h1-8,11H,9-10H2,(H,19,22)(H,20,21). The molecule has 2 amide bonds. The zero-order chi connectivity index (χ0) is 15.5. The summed E-state index contributed by atoms with van der Waals surface area (Å²) in [4.78, 5) is 24.5. The molecule has 3 rings (SSSR count). The molecule has 0 radical (unpaired) electrons. The normalized spacial score (nSPS) is 13.5. The van der Waals surface area contributed by atoms with Crippen LogP contribution in [0.3, 0.4) is 0 Å². The van der Waals surface area contributed by atoms with Crippen molar-refractivity contribution in [1.29, 1.82) is 0 Å². The van der Waals surface area contributed by atoms with Crippen LogP contribution in [0.4, 0.5) is 5.69 Å². The van der Waals surface area contributed by atoms with Gasteiger partial charge in [-0.1, -0.05) is 35.9 Å². The average Bonchev–Trinajstić information content (AvgIpc) is 3.32. The van der Waals surface area contributed by atoms with Crippen LogP contribution >= 0.6 is 11.6 Å². The van der Waals surface area contributed by atoms with Crippen molar-refractivity contribution >= 4 is 29.1 Å². The van der Waals surface area contributed by atoms with E-state index in [1.807, 2.05) is 0 Å². The number of para-hydroxylation sites is 1. The predicted octanol–water partition coefficient (Wildman–Crippen LogP) is 3.48. The molecule has 22 heavy (non-hydrogen) atoms. The fourth-order valence-electron chi connectivity index (χ4n) is 2.12. The third-order valence-electron chi connectivity index (χ3n) is 3.45. The van der Waals surface area contributed by atoms with Gasteiger partial charge < -0.3 is 10.6 Å². The average molecular weight is 315 g/mol. The summed E-state index contributed by atoms with van der Waals surface area (Å²) < 4.78 is 0. The van der Waals surface area contributed by atoms with Crippen LogP contribution in [0.1, 0.15) is 33.6 Å². The highest BCUT2D eigenvalue weighted by molar-refractivity contribution is 6.34. The summed E-state index contributed by atoms with van der Waals surface area (Å²) in [5, 5.41) is 6.05. The van der Waals surface area contributed by atoms with Gasteiger partial charge in [0.1, 0.15) is 0 Å². The zero-order valence-electron chi connectivity index (χ0n) is 11.8. The fourth-order valence-corrected chi connectivity index (χ4v) is 2.34. The first-order valence-electron chi connectivity index (χ1n) is 7.11. The molecular weight excluding hydrogens is 300 g/mol. The minimum Gasteiger partial charge on any atom is -0.349 e. The summed E-state index contributed by atoms with van der Waals surface area (Å²) in [6.45, 7) is 0. The second-order valence-corrected chi connectivity index (χ2v) is 5.63. The Labute approximate surface area is 133 Å². The number of carbonyl (C=O) groups is 2. The number of amides is 2. The number of anilines is 1. The summed E-state index contributed by atoms with van der Waals surface area (Å²) in [5.41, 5.74) is 1.31. The maximum atomic E-state index is 12.3. The first kappa shape index (κ1) is 14.6. The van der Waals surface area contributed by atoms with E-state index in [-0.39, 0.29) is 17.9 Å². The van der Waals surface area contributed by atoms with E-state index in [9.17, 15) is 9.59 Å². The van der Waals surface area contributed by atoms with Gasteiger partial charge in [-0.2, -0.15) is 0 Å². The fraction of sp³-hybridized carbons (Fsp3) is 0.176. The third kappa shape index (κ3) is 3.28. The molecule has 0 unspecified atom stereocenters. The Bertz CT molecular complexity index is 726. The first-order valence-corrected chi connectivity index (χ1v) is 7.49. The van der Waals surface area contributed by atoms with Gasteiger partial charge in [-0.3, -0.25) is 9.59 Å². The Morgan fingerprint density at radius 1 is 0.909 bits per heavy atom. The number of hydrogen-bond acceptors (Lipinski definition) is 2. The molecule has 5 heteroatoms. The van der Waals surface area contributed by atoms with Crippen LogP contribution in [0.15, 0.2) is 48.5 Å². The molecule has 1 fully saturated rings. The van der Waals surface area contributed by atoms with E-state index >= 15 is 0 Å². The highest BCUT2D eigenvalue weighted by Crippen LogP contribution is 2.23. The van der Waals surface area contributed by atoms with Gasteiger partial charge in [0.2, 0.25) is 0 Å². The van der Waals surface area contributed by atoms with Crippen LogP contribution in [0.2, 0.25) is 5.02 Å². The lowest BCUT2D eigenvalue weighted by atomic mass is 10.1. The van der Waals surface area contributed by atoms with Crippen LogP contribution < -0.4 is 10.6 Å². The minimum atomic E-state index is -0.336. The van der Waals surface area contributed by atoms with Gasteiger partial charge >= 0.3 is 0 Å². The van der Waals surface area contributed by atoms with Gasteiger partial charge in [0.05, 0.1) is 21.8 Å². The molecule has 0 atom stereocenters. The molecule has 0 saturated heterocycles. The summed E-state index contributed by atoms with van der Waals surface area (Å²) in [6.07, 6.45) is 2.03. The van der Waals surface area contributed by atoms with E-state index < -0.39 is 0 Å². The number of nitrogens with one attached hydrogen (secondary N) is 2. The molecule has 0 bridgehead atoms. The van der Waals surface area contributed by atoms with Crippen molar-refractivity contribution in [2.24, 2.45) is 0 Å². The van der Waals surface area contributed by atoms with Crippen molar-refractivity contribution in [1.82, 2.24) is 5.32 Å². The maximum absolute atomic E-state index is 12.3. The summed E-state index contributed by atoms with van der Waals surface area (Å²) >= 11 is 6.02. The molecule has 0 aromatic heterocycles. The second-order valence-electron chi connectivity index (χ2n) is 5.23. The predicted molar refractivity (Wildman–Crippen MR) is 86.3 cm³/mol. The lowest BCUT2D eigenvalue weighted by Crippen LogP contribution is -2.27. The molecule has 4 nitrogen and oxygen atoms in total. The van der Waals surface area contributed by atoms with E-state index in [0.717, 1.165) is 12.8 Å². The number of benzene rings is 2. The largest absolute Gasteiger partial charge is 0.349 e. The Hall–Kier alpha value is -2.33. The van der Waals surface area contributed by atoms with Crippen molar-refractivity contribution in [3.05, 3.63) is 64.7 Å². The van der Waals surface area contributed by atoms with Gasteiger partial charge in [-0.05, 0) is 37.1 Å². The van der Waals surface area contributed by atoms with Gasteiger partial charge in [0.25, 0.3) is 11.8 Å². The molecule has 112 valence electrons. The zero-order valence-corrected chi connectivity index (χ0v) is 12.6. The van der Waals surface area contributed by atoms with Crippen molar-refractivity contribution in [3.8, 4) is 0 Å². The van der Waals surface area contributed by atoms with Crippen molar-refractivity contribution in [2.75, 3.05) is 5.32 Å². The third-order valence-corrected chi connectivity index (χ3v) is 3.78. The Balaban J connectivity index is 1.81. The second kappa shape index (κ2) is 6.20. The topological polar surface area (TPSA) is 58.2 Å². The molecule has 1 saturated carbocycles. The van der Waals surface area contributed by atoms with Crippen LogP contribution in [0.25, 0.3) is 0 Å². The van der Waals surface area contributed by atoms with E-state index in [0.29, 0.717) is 21.8 Å². The molecule has 2 aromatic rings. The van der Waals surface area contributed by atoms with Crippen LogP contribution in [0.5, 0.6) is 0 Å². The van der Waals surface area contributed by atoms with Crippen LogP contribution in [-0.4, -0.2) is 17.9 Å². The molecular formula is C17H15ClN2O2. The van der Waals surface area contributed by atoms with E-state index in [1.165, 1.54) is 0 Å². The lowest BCUT2D eigenvalue weighted by Gasteiger charge is -2.11. The molecule has 0 spiro atoms. The highest BCUT2D eigenvalue weighted by atomic mass is 35.5. The number of halogens is 1. The van der Waals surface area contributed by atoms with E-state index in [2.05, 4.69) is 10.6 Å². The Morgan fingerprint density at radius 2 is 1.55 bits per heavy atom. The maximum Gasteiger partial charge on any atom is 0.257 e. The lowest BCUT2D eigenvalue weighted by molar-refractivity contribution is 0.0952. The summed E-state index contributed by atoms with van der Waals surface area (Å²) in [5.74, 6) is -0.505. The monoisotopic (exact) mass is 314 g/mol. The number of hydrogen-bond donors (Lipinski definition) is 2. The molecule has 1 aliphatic rings. The summed E-state index contributed by atoms with van der Waals surface area (Å²) in [6, 6.07) is 14.0. The van der Waals surface area contributed by atoms with E-state index in [1.54, 1.807) is 48.5 Å². The van der Waals surface area contributed by atoms with Crippen LogP contribution in [0, 0.1) is 0 Å². The molecule has 0 aliphatic heterocycles. The Morgan fingerprint density at radius 3 is 2.23 bits per heavy atom. The first-order chi connectivity index (χ1) is 10.6. The van der Waals surface area contributed by atoms with Crippen molar-refractivity contribution < 1.29 is 9.59 Å². The molecule has 2 N–H and O–H groups in total. The van der Waals surface area contributed by atoms with Gasteiger partial charge in [0, 0.05) is 6.04 Å². The van der Waals surface area contributed by atoms with Crippen LogP contribution in [-0.2, 0) is 0 Å². The summed E-state index contributed by atoms with van der Waals surface area (Å²) in [7, 11) is 0. The van der Waals surface area contributed by atoms with E-state index in [4.69, 9.17) is 11.6 Å². The molecule has 2 aromatic carbocycles. The quantitative estimate of drug-likeness (QED) is 0.907. The van der Waals surface area contributed by atoms with Gasteiger partial charge in [-0.25, -0.2) is 0 Å². The Kier molecular flexibility index (Phi) is 4.11. The number of rotatable bonds is 4. The highest BCUT2D eigenvalue weighted by Gasteiger charge is 2.25. The van der Waals surface area contributed by atoms with Gasteiger partial charge in [0.15, 0.2) is 0 Å². The SMILES string of the molecule is O=C(Nc1ccccc1C(=O)NC1CC1)c1ccccc1Cl.